The molecular formula is C25H11F8NS. The molecule has 4 aromatic rings. The summed E-state index contributed by atoms with van der Waals surface area (Å²) in [6.07, 6.45) is -5.02. The largest absolute Gasteiger partial charge is 0.418 e. The summed E-state index contributed by atoms with van der Waals surface area (Å²) in [7, 11) is 0. The van der Waals surface area contributed by atoms with Gasteiger partial charge in [-0.3, -0.25) is 0 Å². The highest BCUT2D eigenvalue weighted by Gasteiger charge is 2.40. The molecule has 0 bridgehead atoms. The summed E-state index contributed by atoms with van der Waals surface area (Å²) in [5.74, 6) is -11.4. The van der Waals surface area contributed by atoms with Crippen LogP contribution in [0.4, 0.5) is 52.2 Å². The van der Waals surface area contributed by atoms with E-state index in [9.17, 15) is 35.1 Å². The van der Waals surface area contributed by atoms with Gasteiger partial charge in [0.15, 0.2) is 23.3 Å². The molecular weight excluding hydrogens is 498 g/mol. The molecule has 1 heterocycles. The van der Waals surface area contributed by atoms with Crippen LogP contribution < -0.4 is 4.90 Å². The number of nitrogens with zero attached hydrogens (tertiary/aromatic N) is 1. The molecule has 0 saturated carbocycles. The number of alkyl halides is 3. The topological polar surface area (TPSA) is 3.24 Å². The Morgan fingerprint density at radius 1 is 0.571 bits per heavy atom. The molecule has 0 N–H and O–H groups in total. The molecule has 4 aromatic carbocycles. The van der Waals surface area contributed by atoms with E-state index in [1.165, 1.54) is 23.9 Å². The van der Waals surface area contributed by atoms with Crippen LogP contribution in [-0.4, -0.2) is 0 Å². The number of fused-ring (bicyclic) bond motifs is 2. The number of hydrogen-bond donors (Lipinski definition) is 0. The first-order valence-electron chi connectivity index (χ1n) is 9.99. The fourth-order valence-corrected chi connectivity index (χ4v) is 5.06. The van der Waals surface area contributed by atoms with E-state index in [-0.39, 0.29) is 11.4 Å². The maximum Gasteiger partial charge on any atom is 0.418 e. The molecule has 0 saturated heterocycles. The summed E-state index contributed by atoms with van der Waals surface area (Å²) in [6.45, 7) is 0. The van der Waals surface area contributed by atoms with Crippen LogP contribution in [-0.2, 0) is 6.18 Å². The van der Waals surface area contributed by atoms with Gasteiger partial charge in [0.05, 0.1) is 28.2 Å². The predicted molar refractivity (Wildman–Crippen MR) is 115 cm³/mol. The summed E-state index contributed by atoms with van der Waals surface area (Å²) in [5, 5.41) is 0. The van der Waals surface area contributed by atoms with Crippen LogP contribution in [0.2, 0.25) is 0 Å². The van der Waals surface area contributed by atoms with Crippen LogP contribution in [0.5, 0.6) is 0 Å². The Labute approximate surface area is 197 Å². The van der Waals surface area contributed by atoms with E-state index in [1.807, 2.05) is 0 Å². The van der Waals surface area contributed by atoms with Crippen molar-refractivity contribution in [3.8, 4) is 11.1 Å². The smallest absolute Gasteiger partial charge is 0.307 e. The first kappa shape index (κ1) is 23.2. The molecule has 0 amide bonds. The van der Waals surface area contributed by atoms with E-state index in [0.29, 0.717) is 15.9 Å². The van der Waals surface area contributed by atoms with Crippen molar-refractivity contribution in [2.75, 3.05) is 4.90 Å². The van der Waals surface area contributed by atoms with Crippen LogP contribution in [0.15, 0.2) is 76.5 Å². The minimum atomic E-state index is -5.02. The zero-order chi connectivity index (χ0) is 25.1. The Kier molecular flexibility index (Phi) is 5.51. The van der Waals surface area contributed by atoms with E-state index >= 15 is 0 Å². The number of anilines is 3. The molecule has 35 heavy (non-hydrogen) atoms. The van der Waals surface area contributed by atoms with Gasteiger partial charge in [0.1, 0.15) is 0 Å². The Bertz CT molecular complexity index is 1410. The summed E-state index contributed by atoms with van der Waals surface area (Å²) in [5.41, 5.74) is -3.82. The summed E-state index contributed by atoms with van der Waals surface area (Å²) in [6, 6.07) is 15.2. The van der Waals surface area contributed by atoms with E-state index in [0.717, 1.165) is 17.0 Å². The number of hydrogen-bond acceptors (Lipinski definition) is 2. The van der Waals surface area contributed by atoms with E-state index in [4.69, 9.17) is 0 Å². The Morgan fingerprint density at radius 3 is 1.57 bits per heavy atom. The van der Waals surface area contributed by atoms with Crippen molar-refractivity contribution in [1.82, 2.24) is 0 Å². The number of para-hydroxylation sites is 3. The molecule has 0 atom stereocenters. The number of benzene rings is 4. The Hall–Kier alpha value is -3.53. The van der Waals surface area contributed by atoms with Crippen molar-refractivity contribution in [3.05, 3.63) is 101 Å². The standard InChI is InChI=1S/C25H11F8NS/c26-19-18(20(27)22(29)23(30)21(19)28)12-6-5-7-13(25(31,32)33)24(12)34-14-8-1-3-10-16(14)35-17-11-4-2-9-15(17)34/h1-11H. The molecule has 1 nitrogen and oxygen atoms in total. The highest BCUT2D eigenvalue weighted by atomic mass is 32.2. The Morgan fingerprint density at radius 2 is 1.06 bits per heavy atom. The van der Waals surface area contributed by atoms with Crippen molar-refractivity contribution in [2.24, 2.45) is 0 Å². The molecule has 0 radical (unpaired) electrons. The fourth-order valence-electron chi connectivity index (χ4n) is 4.00. The predicted octanol–water partition coefficient (Wildman–Crippen LogP) is 9.00. The normalized spacial score (nSPS) is 13.0. The molecule has 0 aliphatic carbocycles. The van der Waals surface area contributed by atoms with Crippen LogP contribution in [0.25, 0.3) is 11.1 Å². The fraction of sp³-hybridized carbons (Fsp3) is 0.0400. The van der Waals surface area contributed by atoms with Crippen LogP contribution in [0, 0.1) is 29.1 Å². The first-order chi connectivity index (χ1) is 16.6. The lowest BCUT2D eigenvalue weighted by Crippen LogP contribution is -2.21. The highest BCUT2D eigenvalue weighted by Crippen LogP contribution is 2.56. The van der Waals surface area contributed by atoms with Gasteiger partial charge in [0.2, 0.25) is 5.82 Å². The number of rotatable bonds is 2. The van der Waals surface area contributed by atoms with Gasteiger partial charge in [-0.05, 0) is 30.3 Å². The van der Waals surface area contributed by atoms with Gasteiger partial charge in [0.25, 0.3) is 0 Å². The van der Waals surface area contributed by atoms with E-state index < -0.39 is 57.6 Å². The van der Waals surface area contributed by atoms with Crippen molar-refractivity contribution in [3.63, 3.8) is 0 Å². The second-order valence-corrected chi connectivity index (χ2v) is 8.60. The number of halogens is 8. The van der Waals surface area contributed by atoms with Gasteiger partial charge in [-0.1, -0.05) is 48.2 Å². The second-order valence-electron chi connectivity index (χ2n) is 7.52. The van der Waals surface area contributed by atoms with Gasteiger partial charge in [-0.2, -0.15) is 13.2 Å². The molecule has 178 valence electrons. The minimum absolute atomic E-state index is 0.248. The van der Waals surface area contributed by atoms with Crippen molar-refractivity contribution >= 4 is 28.8 Å². The lowest BCUT2D eigenvalue weighted by atomic mass is 9.96. The highest BCUT2D eigenvalue weighted by molar-refractivity contribution is 7.99. The average molecular weight is 509 g/mol. The van der Waals surface area contributed by atoms with Gasteiger partial charge in [0, 0.05) is 15.4 Å². The zero-order valence-corrected chi connectivity index (χ0v) is 18.0. The molecule has 1 aliphatic heterocycles. The molecule has 0 fully saturated rings. The summed E-state index contributed by atoms with van der Waals surface area (Å²) >= 11 is 1.27. The first-order valence-corrected chi connectivity index (χ1v) is 10.8. The second kappa shape index (κ2) is 8.30. The molecule has 0 spiro atoms. The quantitative estimate of drug-likeness (QED) is 0.133. The third-order valence-corrected chi connectivity index (χ3v) is 6.61. The van der Waals surface area contributed by atoms with Crippen molar-refractivity contribution < 1.29 is 35.1 Å². The van der Waals surface area contributed by atoms with Crippen LogP contribution in [0.1, 0.15) is 5.56 Å². The summed E-state index contributed by atoms with van der Waals surface area (Å²) in [4.78, 5) is 2.20. The Balaban J connectivity index is 1.94. The molecule has 5 rings (SSSR count). The van der Waals surface area contributed by atoms with Crippen LogP contribution >= 0.6 is 11.8 Å². The monoisotopic (exact) mass is 509 g/mol. The van der Waals surface area contributed by atoms with Crippen molar-refractivity contribution in [1.29, 1.82) is 0 Å². The van der Waals surface area contributed by atoms with Gasteiger partial charge < -0.3 is 4.90 Å². The molecule has 0 aromatic heterocycles. The maximum atomic E-state index is 14.8. The van der Waals surface area contributed by atoms with Crippen molar-refractivity contribution in [2.45, 2.75) is 16.0 Å². The van der Waals surface area contributed by atoms with Gasteiger partial charge in [-0.15, -0.1) is 0 Å². The summed E-state index contributed by atoms with van der Waals surface area (Å²) < 4.78 is 114. The lowest BCUT2D eigenvalue weighted by molar-refractivity contribution is -0.137. The van der Waals surface area contributed by atoms with Gasteiger partial charge in [-0.25, -0.2) is 22.0 Å². The molecule has 10 heteroatoms. The van der Waals surface area contributed by atoms with Gasteiger partial charge >= 0.3 is 6.18 Å². The molecule has 1 aliphatic rings. The SMILES string of the molecule is Fc1c(F)c(F)c(-c2cccc(C(F)(F)F)c2N2c3ccccc3Sc3ccccc32)c(F)c1F. The average Bonchev–Trinajstić information content (AvgIpc) is 2.84. The third-order valence-electron chi connectivity index (χ3n) is 5.48. The maximum absolute atomic E-state index is 14.8. The molecule has 0 unspecified atom stereocenters. The zero-order valence-electron chi connectivity index (χ0n) is 17.2. The lowest BCUT2D eigenvalue weighted by Gasteiger charge is -2.35. The van der Waals surface area contributed by atoms with Crippen LogP contribution in [0.3, 0.4) is 0 Å². The van der Waals surface area contributed by atoms with E-state index in [2.05, 4.69) is 0 Å². The minimum Gasteiger partial charge on any atom is -0.307 e. The third kappa shape index (κ3) is 3.63. The van der Waals surface area contributed by atoms with E-state index in [1.54, 1.807) is 36.4 Å².